The van der Waals surface area contributed by atoms with E-state index in [1.165, 1.54) is 0 Å². The maximum Gasteiger partial charge on any atom is 0.0850 e. The molecular formula is C11H21N3O2. The van der Waals surface area contributed by atoms with Gasteiger partial charge in [-0.2, -0.15) is 0 Å². The summed E-state index contributed by atoms with van der Waals surface area (Å²) in [5.74, 6) is 0. The maximum atomic E-state index is 5.43. The fraction of sp³-hybridized carbons (Fsp3) is 0.818. The first-order valence-electron chi connectivity index (χ1n) is 5.80. The maximum absolute atomic E-state index is 5.43. The van der Waals surface area contributed by atoms with Gasteiger partial charge in [-0.1, -0.05) is 5.21 Å². The van der Waals surface area contributed by atoms with Gasteiger partial charge in [0.2, 0.25) is 0 Å². The van der Waals surface area contributed by atoms with Gasteiger partial charge in [-0.15, -0.1) is 5.10 Å². The molecular weight excluding hydrogens is 206 g/mol. The summed E-state index contributed by atoms with van der Waals surface area (Å²) in [5.41, 5.74) is 0.978. The van der Waals surface area contributed by atoms with Crippen LogP contribution < -0.4 is 0 Å². The molecule has 0 atom stereocenters. The molecule has 0 aromatic carbocycles. The first-order valence-corrected chi connectivity index (χ1v) is 5.80. The zero-order valence-corrected chi connectivity index (χ0v) is 10.3. The van der Waals surface area contributed by atoms with Gasteiger partial charge in [-0.05, 0) is 20.8 Å². The van der Waals surface area contributed by atoms with Crippen LogP contribution in [-0.4, -0.2) is 40.9 Å². The monoisotopic (exact) mass is 227 g/mol. The summed E-state index contributed by atoms with van der Waals surface area (Å²) in [6, 6.07) is 0. The van der Waals surface area contributed by atoms with E-state index >= 15 is 0 Å². The van der Waals surface area contributed by atoms with E-state index in [2.05, 4.69) is 10.3 Å². The Labute approximate surface area is 96.7 Å². The zero-order chi connectivity index (χ0) is 11.8. The zero-order valence-electron chi connectivity index (χ0n) is 10.3. The van der Waals surface area contributed by atoms with E-state index in [-0.39, 0.29) is 6.10 Å². The summed E-state index contributed by atoms with van der Waals surface area (Å²) in [6.07, 6.45) is 3.03. The topological polar surface area (TPSA) is 49.2 Å². The normalized spacial score (nSPS) is 11.2. The number of hydrogen-bond acceptors (Lipinski definition) is 4. The van der Waals surface area contributed by atoms with Crippen LogP contribution >= 0.6 is 0 Å². The van der Waals surface area contributed by atoms with E-state index in [0.717, 1.165) is 18.7 Å². The molecule has 1 rings (SSSR count). The van der Waals surface area contributed by atoms with Crippen molar-refractivity contribution < 1.29 is 9.47 Å². The standard InChI is InChI=1S/C11H21N3O2/c1-4-14-9-11(12-13-14)5-6-15-7-8-16-10(2)3/h9-10H,4-8H2,1-3H3. The summed E-state index contributed by atoms with van der Waals surface area (Å²) in [7, 11) is 0. The Balaban J connectivity index is 2.02. The van der Waals surface area contributed by atoms with Crippen molar-refractivity contribution in [2.75, 3.05) is 19.8 Å². The summed E-state index contributed by atoms with van der Waals surface area (Å²) >= 11 is 0. The third-order valence-corrected chi connectivity index (χ3v) is 2.09. The second-order valence-electron chi connectivity index (χ2n) is 3.85. The van der Waals surface area contributed by atoms with Crippen LogP contribution in [0.5, 0.6) is 0 Å². The third-order valence-electron chi connectivity index (χ3n) is 2.09. The van der Waals surface area contributed by atoms with Crippen LogP contribution in [0.2, 0.25) is 0 Å². The van der Waals surface area contributed by atoms with Crippen molar-refractivity contribution in [2.45, 2.75) is 39.8 Å². The smallest absolute Gasteiger partial charge is 0.0850 e. The van der Waals surface area contributed by atoms with Gasteiger partial charge in [-0.25, -0.2) is 0 Å². The van der Waals surface area contributed by atoms with Crippen LogP contribution in [-0.2, 0) is 22.4 Å². The van der Waals surface area contributed by atoms with Crippen LogP contribution in [0.3, 0.4) is 0 Å². The first kappa shape index (κ1) is 13.1. The van der Waals surface area contributed by atoms with Crippen molar-refractivity contribution in [3.05, 3.63) is 11.9 Å². The Bertz CT molecular complexity index is 287. The summed E-state index contributed by atoms with van der Waals surface area (Å²) in [5, 5.41) is 7.99. The highest BCUT2D eigenvalue weighted by Crippen LogP contribution is 1.95. The first-order chi connectivity index (χ1) is 7.72. The number of rotatable bonds is 8. The number of ether oxygens (including phenoxy) is 2. The lowest BCUT2D eigenvalue weighted by atomic mass is 10.3. The molecule has 5 nitrogen and oxygen atoms in total. The molecule has 0 saturated carbocycles. The van der Waals surface area contributed by atoms with Crippen molar-refractivity contribution >= 4 is 0 Å². The van der Waals surface area contributed by atoms with Crippen LogP contribution in [0, 0.1) is 0 Å². The van der Waals surface area contributed by atoms with Crippen molar-refractivity contribution in [3.8, 4) is 0 Å². The lowest BCUT2D eigenvalue weighted by Gasteiger charge is -2.07. The fourth-order valence-corrected chi connectivity index (χ4v) is 1.23. The average Bonchev–Trinajstić information content (AvgIpc) is 2.70. The third kappa shape index (κ3) is 5.23. The molecule has 92 valence electrons. The molecule has 1 aromatic rings. The Hall–Kier alpha value is -0.940. The van der Waals surface area contributed by atoms with E-state index in [9.17, 15) is 0 Å². The van der Waals surface area contributed by atoms with Crippen molar-refractivity contribution in [1.82, 2.24) is 15.0 Å². The van der Waals surface area contributed by atoms with Gasteiger partial charge in [0, 0.05) is 19.2 Å². The van der Waals surface area contributed by atoms with Gasteiger partial charge in [0.1, 0.15) is 0 Å². The van der Waals surface area contributed by atoms with Gasteiger partial charge in [0.25, 0.3) is 0 Å². The Morgan fingerprint density at radius 3 is 2.75 bits per heavy atom. The number of nitrogens with zero attached hydrogens (tertiary/aromatic N) is 3. The second-order valence-corrected chi connectivity index (χ2v) is 3.85. The molecule has 1 aromatic heterocycles. The molecule has 1 heterocycles. The van der Waals surface area contributed by atoms with Crippen molar-refractivity contribution in [3.63, 3.8) is 0 Å². The predicted molar refractivity (Wildman–Crippen MR) is 61.3 cm³/mol. The molecule has 0 saturated heterocycles. The van der Waals surface area contributed by atoms with E-state index in [1.54, 1.807) is 0 Å². The number of aryl methyl sites for hydroxylation is 1. The Morgan fingerprint density at radius 2 is 2.12 bits per heavy atom. The minimum atomic E-state index is 0.271. The second kappa shape index (κ2) is 7.35. The SMILES string of the molecule is CCn1cc(CCOCCOC(C)C)nn1. The molecule has 0 aliphatic carbocycles. The molecule has 0 N–H and O–H groups in total. The highest BCUT2D eigenvalue weighted by molar-refractivity contribution is 4.91. The minimum absolute atomic E-state index is 0.271. The Morgan fingerprint density at radius 1 is 1.31 bits per heavy atom. The highest BCUT2D eigenvalue weighted by Gasteiger charge is 1.99. The Kier molecular flexibility index (Phi) is 6.03. The number of hydrogen-bond donors (Lipinski definition) is 0. The van der Waals surface area contributed by atoms with Crippen LogP contribution in [0.25, 0.3) is 0 Å². The molecule has 0 bridgehead atoms. The average molecular weight is 227 g/mol. The van der Waals surface area contributed by atoms with E-state index < -0.39 is 0 Å². The predicted octanol–water partition coefficient (Wildman–Crippen LogP) is 1.28. The lowest BCUT2D eigenvalue weighted by molar-refractivity contribution is 0.0202. The van der Waals surface area contributed by atoms with Gasteiger partial charge < -0.3 is 9.47 Å². The van der Waals surface area contributed by atoms with E-state index in [0.29, 0.717) is 19.8 Å². The lowest BCUT2D eigenvalue weighted by Crippen LogP contribution is -2.10. The summed E-state index contributed by atoms with van der Waals surface area (Å²) in [6.45, 7) is 8.89. The van der Waals surface area contributed by atoms with Crippen molar-refractivity contribution in [1.29, 1.82) is 0 Å². The molecule has 0 radical (unpaired) electrons. The summed E-state index contributed by atoms with van der Waals surface area (Å²) < 4.78 is 12.6. The highest BCUT2D eigenvalue weighted by atomic mass is 16.5. The van der Waals surface area contributed by atoms with Crippen LogP contribution in [0.1, 0.15) is 26.5 Å². The van der Waals surface area contributed by atoms with Gasteiger partial charge in [0.05, 0.1) is 31.6 Å². The molecule has 0 unspecified atom stereocenters. The molecule has 16 heavy (non-hydrogen) atoms. The summed E-state index contributed by atoms with van der Waals surface area (Å²) in [4.78, 5) is 0. The van der Waals surface area contributed by atoms with Gasteiger partial charge in [0.15, 0.2) is 0 Å². The number of aromatic nitrogens is 3. The van der Waals surface area contributed by atoms with Gasteiger partial charge in [-0.3, -0.25) is 4.68 Å². The molecule has 0 fully saturated rings. The molecule has 0 amide bonds. The molecule has 0 spiro atoms. The molecule has 5 heteroatoms. The van der Waals surface area contributed by atoms with Crippen LogP contribution in [0.15, 0.2) is 6.20 Å². The van der Waals surface area contributed by atoms with E-state index in [1.807, 2.05) is 31.6 Å². The minimum Gasteiger partial charge on any atom is -0.379 e. The van der Waals surface area contributed by atoms with Gasteiger partial charge >= 0.3 is 0 Å². The van der Waals surface area contributed by atoms with Crippen molar-refractivity contribution in [2.24, 2.45) is 0 Å². The van der Waals surface area contributed by atoms with E-state index in [4.69, 9.17) is 9.47 Å². The molecule has 0 aliphatic heterocycles. The molecule has 0 aliphatic rings. The fourth-order valence-electron chi connectivity index (χ4n) is 1.23. The largest absolute Gasteiger partial charge is 0.379 e. The van der Waals surface area contributed by atoms with Crippen LogP contribution in [0.4, 0.5) is 0 Å². The quantitative estimate of drug-likeness (QED) is 0.628.